The molecule has 0 unspecified atom stereocenters. The van der Waals surface area contributed by atoms with Gasteiger partial charge in [0.05, 0.1) is 6.54 Å². The molecule has 112 valence electrons. The largest absolute Gasteiger partial charge is 0.444 e. The molecule has 0 spiro atoms. The highest BCUT2D eigenvalue weighted by Crippen LogP contribution is 2.06. The van der Waals surface area contributed by atoms with Gasteiger partial charge in [-0.3, -0.25) is 4.79 Å². The lowest BCUT2D eigenvalue weighted by Crippen LogP contribution is -2.39. The van der Waals surface area contributed by atoms with Crippen LogP contribution in [0.1, 0.15) is 59.8 Å². The zero-order valence-electron chi connectivity index (χ0n) is 12.7. The molecule has 0 bridgehead atoms. The number of hydrogen-bond donors (Lipinski definition) is 2. The van der Waals surface area contributed by atoms with E-state index in [2.05, 4.69) is 17.6 Å². The molecular formula is C14H28N2O3. The van der Waals surface area contributed by atoms with Gasteiger partial charge in [-0.1, -0.05) is 32.6 Å². The van der Waals surface area contributed by atoms with E-state index in [1.54, 1.807) is 20.8 Å². The Labute approximate surface area is 116 Å². The first-order valence-electron chi connectivity index (χ1n) is 7.08. The van der Waals surface area contributed by atoms with E-state index in [1.807, 2.05) is 0 Å². The van der Waals surface area contributed by atoms with Crippen LogP contribution < -0.4 is 10.6 Å². The van der Waals surface area contributed by atoms with Gasteiger partial charge in [0.1, 0.15) is 5.60 Å². The minimum atomic E-state index is -0.564. The molecule has 0 aromatic heterocycles. The average Bonchev–Trinajstić information content (AvgIpc) is 2.29. The van der Waals surface area contributed by atoms with Crippen molar-refractivity contribution in [3.63, 3.8) is 0 Å². The maximum atomic E-state index is 11.4. The molecule has 0 radical (unpaired) electrons. The van der Waals surface area contributed by atoms with Gasteiger partial charge in [0.25, 0.3) is 0 Å². The summed E-state index contributed by atoms with van der Waals surface area (Å²) in [6.07, 6.45) is 5.22. The van der Waals surface area contributed by atoms with Crippen molar-refractivity contribution in [2.75, 3.05) is 13.1 Å². The summed E-state index contributed by atoms with van der Waals surface area (Å²) in [7, 11) is 0. The molecule has 0 fully saturated rings. The predicted octanol–water partition coefficient (Wildman–Crippen LogP) is 2.60. The van der Waals surface area contributed by atoms with E-state index in [-0.39, 0.29) is 12.5 Å². The smallest absolute Gasteiger partial charge is 0.408 e. The zero-order chi connectivity index (χ0) is 14.7. The Bertz CT molecular complexity index is 272. The number of nitrogens with one attached hydrogen (secondary N) is 2. The Morgan fingerprint density at radius 2 is 1.63 bits per heavy atom. The summed E-state index contributed by atoms with van der Waals surface area (Å²) in [5.74, 6) is -0.179. The molecule has 0 aromatic rings. The molecule has 19 heavy (non-hydrogen) atoms. The van der Waals surface area contributed by atoms with Crippen molar-refractivity contribution in [3.05, 3.63) is 0 Å². The lowest BCUT2D eigenvalue weighted by atomic mass is 10.1. The fraction of sp³-hybridized carbons (Fsp3) is 0.857. The third-order valence-corrected chi connectivity index (χ3v) is 2.39. The first kappa shape index (κ1) is 17.7. The van der Waals surface area contributed by atoms with Crippen LogP contribution in [0.15, 0.2) is 0 Å². The summed E-state index contributed by atoms with van der Waals surface area (Å²) in [6.45, 7) is 8.14. The highest BCUT2D eigenvalue weighted by molar-refractivity contribution is 5.82. The van der Waals surface area contributed by atoms with Crippen LogP contribution in [0.2, 0.25) is 0 Å². The van der Waals surface area contributed by atoms with Gasteiger partial charge in [0.15, 0.2) is 0 Å². The molecule has 0 saturated heterocycles. The number of rotatable bonds is 8. The predicted molar refractivity (Wildman–Crippen MR) is 76.0 cm³/mol. The van der Waals surface area contributed by atoms with Crippen molar-refractivity contribution >= 4 is 12.0 Å². The number of unbranched alkanes of at least 4 members (excludes halogenated alkanes) is 4. The summed E-state index contributed by atoms with van der Waals surface area (Å²) in [4.78, 5) is 22.7. The molecule has 0 aliphatic heterocycles. The molecule has 5 nitrogen and oxygen atoms in total. The van der Waals surface area contributed by atoms with Gasteiger partial charge >= 0.3 is 6.09 Å². The van der Waals surface area contributed by atoms with Crippen LogP contribution in [-0.2, 0) is 9.53 Å². The van der Waals surface area contributed by atoms with Crippen molar-refractivity contribution in [2.24, 2.45) is 0 Å². The van der Waals surface area contributed by atoms with E-state index in [4.69, 9.17) is 4.74 Å². The highest BCUT2D eigenvalue weighted by atomic mass is 16.6. The van der Waals surface area contributed by atoms with Gasteiger partial charge in [-0.25, -0.2) is 4.79 Å². The lowest BCUT2D eigenvalue weighted by molar-refractivity contribution is -0.120. The van der Waals surface area contributed by atoms with Gasteiger partial charge in [0.2, 0.25) is 5.91 Å². The monoisotopic (exact) mass is 272 g/mol. The van der Waals surface area contributed by atoms with Crippen molar-refractivity contribution in [1.29, 1.82) is 0 Å². The minimum absolute atomic E-state index is 0.0378. The Hall–Kier alpha value is -1.26. The van der Waals surface area contributed by atoms with Crippen LogP contribution in [0.4, 0.5) is 4.79 Å². The minimum Gasteiger partial charge on any atom is -0.444 e. The van der Waals surface area contributed by atoms with E-state index < -0.39 is 11.7 Å². The van der Waals surface area contributed by atoms with Crippen LogP contribution in [0.5, 0.6) is 0 Å². The third kappa shape index (κ3) is 13.0. The summed E-state index contributed by atoms with van der Waals surface area (Å²) >= 11 is 0. The highest BCUT2D eigenvalue weighted by Gasteiger charge is 2.16. The molecule has 0 aromatic carbocycles. The normalized spacial score (nSPS) is 10.9. The molecule has 2 amide bonds. The van der Waals surface area contributed by atoms with Gasteiger partial charge < -0.3 is 15.4 Å². The molecule has 0 aliphatic carbocycles. The summed E-state index contributed by atoms with van der Waals surface area (Å²) < 4.78 is 5.03. The summed E-state index contributed by atoms with van der Waals surface area (Å²) in [6, 6.07) is 0. The number of alkyl carbamates (subject to hydrolysis) is 1. The number of amides is 2. The molecule has 2 N–H and O–H groups in total. The third-order valence-electron chi connectivity index (χ3n) is 2.39. The van der Waals surface area contributed by atoms with E-state index in [0.29, 0.717) is 6.54 Å². The Kier molecular flexibility index (Phi) is 9.00. The number of carbonyl (C=O) groups excluding carboxylic acids is 2. The van der Waals surface area contributed by atoms with Gasteiger partial charge in [-0.15, -0.1) is 0 Å². The van der Waals surface area contributed by atoms with E-state index in [0.717, 1.165) is 12.8 Å². The molecule has 0 aliphatic rings. The summed E-state index contributed by atoms with van der Waals surface area (Å²) in [5.41, 5.74) is -0.542. The van der Waals surface area contributed by atoms with E-state index in [9.17, 15) is 9.59 Å². The van der Waals surface area contributed by atoms with Crippen LogP contribution in [0.3, 0.4) is 0 Å². The quantitative estimate of drug-likeness (QED) is 0.667. The Morgan fingerprint density at radius 1 is 1.00 bits per heavy atom. The summed E-state index contributed by atoms with van der Waals surface area (Å²) in [5, 5.41) is 5.20. The van der Waals surface area contributed by atoms with Crippen LogP contribution in [0, 0.1) is 0 Å². The van der Waals surface area contributed by atoms with Crippen LogP contribution in [0.25, 0.3) is 0 Å². The topological polar surface area (TPSA) is 67.4 Å². The van der Waals surface area contributed by atoms with E-state index in [1.165, 1.54) is 19.3 Å². The van der Waals surface area contributed by atoms with Crippen LogP contribution in [-0.4, -0.2) is 30.7 Å². The molecular weight excluding hydrogens is 244 g/mol. The fourth-order valence-electron chi connectivity index (χ4n) is 1.49. The number of ether oxygens (including phenoxy) is 1. The second kappa shape index (κ2) is 9.64. The van der Waals surface area contributed by atoms with E-state index >= 15 is 0 Å². The van der Waals surface area contributed by atoms with Crippen molar-refractivity contribution in [3.8, 4) is 0 Å². The Balaban J connectivity index is 3.52. The van der Waals surface area contributed by atoms with Crippen molar-refractivity contribution in [1.82, 2.24) is 10.6 Å². The first-order chi connectivity index (χ1) is 8.85. The molecule has 0 saturated carbocycles. The molecule has 0 rings (SSSR count). The van der Waals surface area contributed by atoms with Gasteiger partial charge in [-0.05, 0) is 27.2 Å². The SMILES string of the molecule is CCCCCCCNC(=O)CNC(=O)OC(C)(C)C. The zero-order valence-corrected chi connectivity index (χ0v) is 12.7. The first-order valence-corrected chi connectivity index (χ1v) is 7.08. The maximum Gasteiger partial charge on any atom is 0.408 e. The second-order valence-electron chi connectivity index (χ2n) is 5.62. The van der Waals surface area contributed by atoms with Crippen LogP contribution >= 0.6 is 0 Å². The molecule has 0 atom stereocenters. The molecule has 0 heterocycles. The Morgan fingerprint density at radius 3 is 2.21 bits per heavy atom. The maximum absolute atomic E-state index is 11.4. The lowest BCUT2D eigenvalue weighted by Gasteiger charge is -2.19. The molecule has 5 heteroatoms. The fourth-order valence-corrected chi connectivity index (χ4v) is 1.49. The van der Waals surface area contributed by atoms with Gasteiger partial charge in [-0.2, -0.15) is 0 Å². The standard InChI is InChI=1S/C14H28N2O3/c1-5-6-7-8-9-10-15-12(17)11-16-13(18)19-14(2,3)4/h5-11H2,1-4H3,(H,15,17)(H,16,18). The number of hydrogen-bond acceptors (Lipinski definition) is 3. The second-order valence-corrected chi connectivity index (χ2v) is 5.62. The van der Waals surface area contributed by atoms with Gasteiger partial charge in [0, 0.05) is 6.54 Å². The van der Waals surface area contributed by atoms with Crippen molar-refractivity contribution in [2.45, 2.75) is 65.4 Å². The number of carbonyl (C=O) groups is 2. The van der Waals surface area contributed by atoms with Crippen molar-refractivity contribution < 1.29 is 14.3 Å². The average molecular weight is 272 g/mol.